The third-order valence-corrected chi connectivity index (χ3v) is 9.64. The van der Waals surface area contributed by atoms with Crippen molar-refractivity contribution in [2.75, 3.05) is 49.3 Å². The molecular weight excluding hydrogens is 509 g/mol. The molecule has 2 atom stereocenters. The molecule has 6 nitrogen and oxygen atoms in total. The van der Waals surface area contributed by atoms with Crippen molar-refractivity contribution in [3.05, 3.63) is 48.5 Å². The fraction of sp³-hybridized carbons (Fsp3) is 0.417. The standard InChI is InChI=1S/C24H28N2O4S4/c27-19(15-33-23-25-9-11-31-23)13-29-21-5-1-17(2-6-21)18-3-7-22(8-4-18)30-14-20(28)16-34-24-26-10-12-32-24/h1-8,19-20,27-28H,9-16H2. The Bertz CT molecular complexity index is 890. The Balaban J connectivity index is 1.18. The summed E-state index contributed by atoms with van der Waals surface area (Å²) in [6, 6.07) is 15.7. The molecule has 0 saturated carbocycles. The van der Waals surface area contributed by atoms with Crippen LogP contribution in [0.4, 0.5) is 0 Å². The molecule has 4 rings (SSSR count). The predicted octanol–water partition coefficient (Wildman–Crippen LogP) is 4.51. The van der Waals surface area contributed by atoms with E-state index in [1.807, 2.05) is 48.5 Å². The minimum Gasteiger partial charge on any atom is -0.491 e. The largest absolute Gasteiger partial charge is 0.491 e. The third kappa shape index (κ3) is 8.42. The van der Waals surface area contributed by atoms with Gasteiger partial charge in [0, 0.05) is 23.0 Å². The lowest BCUT2D eigenvalue weighted by Crippen LogP contribution is -2.20. The van der Waals surface area contributed by atoms with Crippen LogP contribution in [0, 0.1) is 0 Å². The molecule has 2 aromatic carbocycles. The van der Waals surface area contributed by atoms with Crippen molar-refractivity contribution in [3.63, 3.8) is 0 Å². The van der Waals surface area contributed by atoms with Gasteiger partial charge in [-0.15, -0.1) is 0 Å². The van der Waals surface area contributed by atoms with Gasteiger partial charge in [0.05, 0.1) is 25.3 Å². The monoisotopic (exact) mass is 536 g/mol. The number of nitrogens with zero attached hydrogens (tertiary/aromatic N) is 2. The molecule has 2 unspecified atom stereocenters. The van der Waals surface area contributed by atoms with E-state index in [4.69, 9.17) is 9.47 Å². The van der Waals surface area contributed by atoms with Gasteiger partial charge in [0.15, 0.2) is 0 Å². The topological polar surface area (TPSA) is 83.6 Å². The molecule has 0 spiro atoms. The van der Waals surface area contributed by atoms with Gasteiger partial charge in [0.25, 0.3) is 0 Å². The summed E-state index contributed by atoms with van der Waals surface area (Å²) < 4.78 is 13.6. The second-order valence-corrected chi connectivity index (χ2v) is 12.3. The van der Waals surface area contributed by atoms with Gasteiger partial charge in [0.2, 0.25) is 0 Å². The van der Waals surface area contributed by atoms with Gasteiger partial charge >= 0.3 is 0 Å². The van der Waals surface area contributed by atoms with Crippen molar-refractivity contribution in [1.82, 2.24) is 0 Å². The average molecular weight is 537 g/mol. The first-order valence-corrected chi connectivity index (χ1v) is 15.0. The lowest BCUT2D eigenvalue weighted by atomic mass is 10.1. The fourth-order valence-corrected chi connectivity index (χ4v) is 6.99. The number of thioether (sulfide) groups is 4. The van der Waals surface area contributed by atoms with Crippen molar-refractivity contribution in [1.29, 1.82) is 0 Å². The van der Waals surface area contributed by atoms with E-state index in [1.165, 1.54) is 0 Å². The number of aliphatic hydroxyl groups is 2. The van der Waals surface area contributed by atoms with Crippen LogP contribution in [0.3, 0.4) is 0 Å². The summed E-state index contributed by atoms with van der Waals surface area (Å²) in [5.74, 6) is 4.71. The summed E-state index contributed by atoms with van der Waals surface area (Å²) in [6.07, 6.45) is -1.07. The highest BCUT2D eigenvalue weighted by molar-refractivity contribution is 8.39. The molecule has 0 fully saturated rings. The second-order valence-electron chi connectivity index (χ2n) is 7.59. The molecule has 0 radical (unpaired) electrons. The smallest absolute Gasteiger partial charge is 0.124 e. The highest BCUT2D eigenvalue weighted by Crippen LogP contribution is 2.26. The Morgan fingerprint density at radius 3 is 1.47 bits per heavy atom. The van der Waals surface area contributed by atoms with Crippen molar-refractivity contribution < 1.29 is 19.7 Å². The zero-order chi connectivity index (χ0) is 23.6. The Kier molecular flexibility index (Phi) is 10.4. The Hall–Kier alpha value is -1.30. The Labute approximate surface area is 217 Å². The van der Waals surface area contributed by atoms with Crippen LogP contribution in [0.5, 0.6) is 11.5 Å². The lowest BCUT2D eigenvalue weighted by Gasteiger charge is -2.13. The van der Waals surface area contributed by atoms with Crippen LogP contribution in [0.1, 0.15) is 0 Å². The van der Waals surface area contributed by atoms with Gasteiger partial charge in [-0.1, -0.05) is 71.3 Å². The fourth-order valence-electron chi connectivity index (χ4n) is 3.11. The summed E-state index contributed by atoms with van der Waals surface area (Å²) >= 11 is 6.68. The van der Waals surface area contributed by atoms with Gasteiger partial charge in [-0.25, -0.2) is 0 Å². The van der Waals surface area contributed by atoms with E-state index in [9.17, 15) is 10.2 Å². The molecule has 2 heterocycles. The zero-order valence-corrected chi connectivity index (χ0v) is 21.9. The number of aliphatic imine (C=N–C) groups is 2. The molecule has 0 amide bonds. The quantitative estimate of drug-likeness (QED) is 0.434. The van der Waals surface area contributed by atoms with Crippen LogP contribution in [-0.4, -0.2) is 80.5 Å². The van der Waals surface area contributed by atoms with E-state index in [0.29, 0.717) is 11.5 Å². The maximum atomic E-state index is 10.1. The molecule has 0 aliphatic carbocycles. The summed E-state index contributed by atoms with van der Waals surface area (Å²) in [4.78, 5) is 8.75. The normalized spacial score (nSPS) is 17.2. The highest BCUT2D eigenvalue weighted by Gasteiger charge is 2.13. The number of aliphatic hydroxyl groups excluding tert-OH is 2. The molecule has 0 saturated heterocycles. The Morgan fingerprint density at radius 2 is 1.12 bits per heavy atom. The maximum Gasteiger partial charge on any atom is 0.124 e. The molecule has 34 heavy (non-hydrogen) atoms. The second kappa shape index (κ2) is 13.7. The van der Waals surface area contributed by atoms with E-state index in [-0.39, 0.29) is 13.2 Å². The minimum absolute atomic E-state index is 0.258. The highest BCUT2D eigenvalue weighted by atomic mass is 32.2. The molecule has 2 aromatic rings. The molecule has 2 aliphatic heterocycles. The van der Waals surface area contributed by atoms with E-state index in [0.717, 1.165) is 56.0 Å². The van der Waals surface area contributed by atoms with Crippen molar-refractivity contribution in [2.45, 2.75) is 12.2 Å². The van der Waals surface area contributed by atoms with Crippen LogP contribution in [0.25, 0.3) is 11.1 Å². The third-order valence-electron chi connectivity index (χ3n) is 4.84. The molecule has 10 heteroatoms. The van der Waals surface area contributed by atoms with Crippen molar-refractivity contribution in [3.8, 4) is 22.6 Å². The Morgan fingerprint density at radius 1 is 0.706 bits per heavy atom. The predicted molar refractivity (Wildman–Crippen MR) is 149 cm³/mol. The summed E-state index contributed by atoms with van der Waals surface area (Å²) in [6.45, 7) is 2.27. The molecule has 0 aromatic heterocycles. The molecule has 2 N–H and O–H groups in total. The summed E-state index contributed by atoms with van der Waals surface area (Å²) in [5.41, 5.74) is 2.13. The van der Waals surface area contributed by atoms with E-state index >= 15 is 0 Å². The van der Waals surface area contributed by atoms with Crippen LogP contribution in [0.15, 0.2) is 58.5 Å². The molecule has 0 bridgehead atoms. The van der Waals surface area contributed by atoms with Crippen molar-refractivity contribution >= 4 is 55.8 Å². The number of ether oxygens (including phenoxy) is 2. The number of hydrogen-bond donors (Lipinski definition) is 2. The van der Waals surface area contributed by atoms with Crippen LogP contribution >= 0.6 is 47.0 Å². The van der Waals surface area contributed by atoms with Gasteiger partial charge in [-0.2, -0.15) is 0 Å². The van der Waals surface area contributed by atoms with Crippen LogP contribution in [-0.2, 0) is 0 Å². The zero-order valence-electron chi connectivity index (χ0n) is 18.7. The van der Waals surface area contributed by atoms with E-state index in [1.54, 1.807) is 47.0 Å². The molecule has 182 valence electrons. The first-order valence-electron chi connectivity index (χ1n) is 11.1. The lowest BCUT2D eigenvalue weighted by molar-refractivity contribution is 0.126. The first kappa shape index (κ1) is 25.8. The number of benzene rings is 2. The van der Waals surface area contributed by atoms with Crippen molar-refractivity contribution in [2.24, 2.45) is 9.98 Å². The maximum absolute atomic E-state index is 10.1. The number of hydrogen-bond acceptors (Lipinski definition) is 10. The summed E-state index contributed by atoms with van der Waals surface area (Å²) in [7, 11) is 0. The minimum atomic E-state index is -0.534. The number of rotatable bonds is 11. The van der Waals surface area contributed by atoms with Crippen LogP contribution < -0.4 is 9.47 Å². The SMILES string of the molecule is OC(COc1ccc(-c2ccc(OCC(O)CSC3=NCCS3)cc2)cc1)CSC1=NCCS1. The first-order chi connectivity index (χ1) is 16.7. The van der Waals surface area contributed by atoms with Gasteiger partial charge in [0.1, 0.15) is 33.5 Å². The van der Waals surface area contributed by atoms with E-state index in [2.05, 4.69) is 9.98 Å². The molecule has 2 aliphatic rings. The molecular formula is C24H28N2O4S4. The summed E-state index contributed by atoms with van der Waals surface area (Å²) in [5, 5.41) is 20.3. The van der Waals surface area contributed by atoms with E-state index < -0.39 is 12.2 Å². The van der Waals surface area contributed by atoms with Gasteiger partial charge in [-0.3, -0.25) is 9.98 Å². The average Bonchev–Trinajstić information content (AvgIpc) is 3.59. The van der Waals surface area contributed by atoms with Gasteiger partial charge in [-0.05, 0) is 35.4 Å². The van der Waals surface area contributed by atoms with Crippen LogP contribution in [0.2, 0.25) is 0 Å². The van der Waals surface area contributed by atoms with Gasteiger partial charge < -0.3 is 19.7 Å².